The first-order chi connectivity index (χ1) is 10.2. The Hall–Kier alpha value is -2.66. The van der Waals surface area contributed by atoms with Gasteiger partial charge in [0.15, 0.2) is 0 Å². The summed E-state index contributed by atoms with van der Waals surface area (Å²) in [5.41, 5.74) is 5.62. The van der Waals surface area contributed by atoms with Crippen LogP contribution in [0.2, 0.25) is 0 Å². The van der Waals surface area contributed by atoms with Crippen LogP contribution in [0.3, 0.4) is 0 Å². The maximum atomic E-state index is 11.5. The molecule has 1 amide bonds. The number of nitrogen functional groups attached to an aromatic ring is 1. The summed E-state index contributed by atoms with van der Waals surface area (Å²) in [5, 5.41) is 1.23. The van der Waals surface area contributed by atoms with Gasteiger partial charge in [0.2, 0.25) is 0 Å². The van der Waals surface area contributed by atoms with Gasteiger partial charge in [0.1, 0.15) is 5.69 Å². The van der Waals surface area contributed by atoms with Crippen molar-refractivity contribution in [2.45, 2.75) is 13.5 Å². The minimum absolute atomic E-state index is 0.322. The average Bonchev–Trinajstić information content (AvgIpc) is 2.83. The molecule has 0 spiro atoms. The standard InChI is InChI=1S/C16H16N4O/c1-11-9-20(15-8-3-2-6-13(11)15)10-12-5-4-7-14(18-12)16(21)19-17/h2-9H,10,17H2,1H3,(H,19,21). The molecule has 0 saturated carbocycles. The van der Waals surface area contributed by atoms with Gasteiger partial charge >= 0.3 is 0 Å². The van der Waals surface area contributed by atoms with Crippen LogP contribution in [0.5, 0.6) is 0 Å². The molecule has 0 unspecified atom stereocenters. The van der Waals surface area contributed by atoms with Crippen molar-refractivity contribution in [3.63, 3.8) is 0 Å². The number of pyridine rings is 1. The number of rotatable bonds is 3. The van der Waals surface area contributed by atoms with Crippen LogP contribution >= 0.6 is 0 Å². The number of amides is 1. The Labute approximate surface area is 122 Å². The highest BCUT2D eigenvalue weighted by Crippen LogP contribution is 2.21. The first kappa shape index (κ1) is 13.3. The molecule has 0 fully saturated rings. The normalized spacial score (nSPS) is 10.8. The monoisotopic (exact) mass is 280 g/mol. The third-order valence-corrected chi connectivity index (χ3v) is 3.49. The van der Waals surface area contributed by atoms with Crippen LogP contribution in [0.1, 0.15) is 21.7 Å². The molecule has 21 heavy (non-hydrogen) atoms. The molecule has 3 N–H and O–H groups in total. The molecule has 2 heterocycles. The second kappa shape index (κ2) is 5.38. The highest BCUT2D eigenvalue weighted by molar-refractivity contribution is 5.91. The van der Waals surface area contributed by atoms with Crippen LogP contribution in [-0.4, -0.2) is 15.5 Å². The lowest BCUT2D eigenvalue weighted by Gasteiger charge is -2.06. The van der Waals surface area contributed by atoms with E-state index in [1.165, 1.54) is 10.9 Å². The molecule has 0 atom stereocenters. The lowest BCUT2D eigenvalue weighted by atomic mass is 10.2. The molecule has 0 aliphatic heterocycles. The fourth-order valence-electron chi connectivity index (χ4n) is 2.50. The van der Waals surface area contributed by atoms with E-state index in [9.17, 15) is 4.79 Å². The van der Waals surface area contributed by atoms with Gasteiger partial charge in [0, 0.05) is 17.1 Å². The van der Waals surface area contributed by atoms with E-state index in [1.54, 1.807) is 6.07 Å². The van der Waals surface area contributed by atoms with E-state index >= 15 is 0 Å². The Balaban J connectivity index is 1.97. The summed E-state index contributed by atoms with van der Waals surface area (Å²) in [5.74, 6) is 4.76. The number of carbonyl (C=O) groups is 1. The summed E-state index contributed by atoms with van der Waals surface area (Å²) >= 11 is 0. The second-order valence-corrected chi connectivity index (χ2v) is 4.94. The number of nitrogens with two attached hydrogens (primary N) is 1. The van der Waals surface area contributed by atoms with Gasteiger partial charge in [-0.25, -0.2) is 10.8 Å². The van der Waals surface area contributed by atoms with Crippen LogP contribution in [-0.2, 0) is 6.54 Å². The molecule has 0 bridgehead atoms. The molecule has 3 rings (SSSR count). The van der Waals surface area contributed by atoms with Gasteiger partial charge in [0.05, 0.1) is 12.2 Å². The van der Waals surface area contributed by atoms with E-state index in [0.29, 0.717) is 12.2 Å². The first-order valence-corrected chi connectivity index (χ1v) is 6.70. The van der Waals surface area contributed by atoms with Crippen molar-refractivity contribution < 1.29 is 4.79 Å². The molecule has 1 aromatic carbocycles. The summed E-state index contributed by atoms with van der Waals surface area (Å²) in [6.45, 7) is 2.70. The number of hydrogen-bond acceptors (Lipinski definition) is 3. The predicted molar refractivity (Wildman–Crippen MR) is 81.7 cm³/mol. The molecule has 0 aliphatic rings. The number of benzene rings is 1. The zero-order valence-electron chi connectivity index (χ0n) is 11.7. The highest BCUT2D eigenvalue weighted by atomic mass is 16.2. The maximum absolute atomic E-state index is 11.5. The quantitative estimate of drug-likeness (QED) is 0.438. The highest BCUT2D eigenvalue weighted by Gasteiger charge is 2.08. The number of fused-ring (bicyclic) bond motifs is 1. The van der Waals surface area contributed by atoms with Gasteiger partial charge in [-0.15, -0.1) is 0 Å². The number of hydrogen-bond donors (Lipinski definition) is 2. The van der Waals surface area contributed by atoms with Crippen molar-refractivity contribution >= 4 is 16.8 Å². The Morgan fingerprint density at radius 3 is 2.86 bits per heavy atom. The number of aromatic nitrogens is 2. The topological polar surface area (TPSA) is 72.9 Å². The second-order valence-electron chi connectivity index (χ2n) is 4.94. The fourth-order valence-corrected chi connectivity index (χ4v) is 2.50. The number of aryl methyl sites for hydroxylation is 1. The molecule has 0 saturated heterocycles. The maximum Gasteiger partial charge on any atom is 0.283 e. The number of nitrogens with one attached hydrogen (secondary N) is 1. The Bertz CT molecular complexity index is 807. The summed E-state index contributed by atoms with van der Waals surface area (Å²) in [6, 6.07) is 13.6. The zero-order valence-corrected chi connectivity index (χ0v) is 11.7. The van der Waals surface area contributed by atoms with Crippen molar-refractivity contribution in [3.8, 4) is 0 Å². The van der Waals surface area contributed by atoms with Gasteiger partial charge in [-0.3, -0.25) is 10.2 Å². The van der Waals surface area contributed by atoms with Gasteiger partial charge < -0.3 is 4.57 Å². The van der Waals surface area contributed by atoms with Crippen molar-refractivity contribution in [2.24, 2.45) is 5.84 Å². The minimum atomic E-state index is -0.384. The van der Waals surface area contributed by atoms with Crippen molar-refractivity contribution in [1.29, 1.82) is 0 Å². The van der Waals surface area contributed by atoms with E-state index in [1.807, 2.05) is 24.3 Å². The van der Waals surface area contributed by atoms with E-state index in [4.69, 9.17) is 5.84 Å². The van der Waals surface area contributed by atoms with Crippen LogP contribution in [0.15, 0.2) is 48.7 Å². The van der Waals surface area contributed by atoms with Crippen LogP contribution in [0.25, 0.3) is 10.9 Å². The lowest BCUT2D eigenvalue weighted by Crippen LogP contribution is -2.30. The lowest BCUT2D eigenvalue weighted by molar-refractivity contribution is 0.0948. The predicted octanol–water partition coefficient (Wildman–Crippen LogP) is 2.00. The molecular weight excluding hydrogens is 264 g/mol. The molecule has 106 valence electrons. The van der Waals surface area contributed by atoms with Gasteiger partial charge in [-0.05, 0) is 30.7 Å². The molecule has 0 aliphatic carbocycles. The van der Waals surface area contributed by atoms with Crippen molar-refractivity contribution in [1.82, 2.24) is 15.0 Å². The number of hydrazine groups is 1. The third kappa shape index (κ3) is 2.51. The molecular formula is C16H16N4O. The van der Waals surface area contributed by atoms with E-state index in [0.717, 1.165) is 11.2 Å². The van der Waals surface area contributed by atoms with Crippen molar-refractivity contribution in [3.05, 3.63) is 65.6 Å². The average molecular weight is 280 g/mol. The third-order valence-electron chi connectivity index (χ3n) is 3.49. The molecule has 2 aromatic heterocycles. The molecule has 5 nitrogen and oxygen atoms in total. The summed E-state index contributed by atoms with van der Waals surface area (Å²) < 4.78 is 2.14. The van der Waals surface area contributed by atoms with Crippen LogP contribution in [0, 0.1) is 6.92 Å². The summed E-state index contributed by atoms with van der Waals surface area (Å²) in [6.07, 6.45) is 2.10. The Morgan fingerprint density at radius 2 is 2.05 bits per heavy atom. The van der Waals surface area contributed by atoms with E-state index in [-0.39, 0.29) is 5.91 Å². The van der Waals surface area contributed by atoms with Gasteiger partial charge in [-0.2, -0.15) is 0 Å². The number of nitrogens with zero attached hydrogens (tertiary/aromatic N) is 2. The minimum Gasteiger partial charge on any atom is -0.341 e. The fraction of sp³-hybridized carbons (Fsp3) is 0.125. The van der Waals surface area contributed by atoms with Crippen molar-refractivity contribution in [2.75, 3.05) is 0 Å². The summed E-state index contributed by atoms with van der Waals surface area (Å²) in [7, 11) is 0. The Morgan fingerprint density at radius 1 is 1.24 bits per heavy atom. The molecule has 5 heteroatoms. The van der Waals surface area contributed by atoms with E-state index in [2.05, 4.69) is 40.2 Å². The van der Waals surface area contributed by atoms with Gasteiger partial charge in [0.25, 0.3) is 5.91 Å². The molecule has 0 radical (unpaired) electrons. The van der Waals surface area contributed by atoms with Crippen LogP contribution < -0.4 is 11.3 Å². The largest absolute Gasteiger partial charge is 0.341 e. The SMILES string of the molecule is Cc1cn(Cc2cccc(C(=O)NN)n2)c2ccccc12. The smallest absolute Gasteiger partial charge is 0.283 e. The summed E-state index contributed by atoms with van der Waals surface area (Å²) in [4.78, 5) is 15.9. The Kier molecular flexibility index (Phi) is 3.41. The zero-order chi connectivity index (χ0) is 14.8. The number of para-hydroxylation sites is 1. The first-order valence-electron chi connectivity index (χ1n) is 6.70. The van der Waals surface area contributed by atoms with Gasteiger partial charge in [-0.1, -0.05) is 24.3 Å². The van der Waals surface area contributed by atoms with E-state index < -0.39 is 0 Å². The number of carbonyl (C=O) groups excluding carboxylic acids is 1. The molecule has 3 aromatic rings. The van der Waals surface area contributed by atoms with Crippen LogP contribution in [0.4, 0.5) is 0 Å².